The topological polar surface area (TPSA) is 131 Å². The number of rotatable bonds is 4. The molecule has 5 atom stereocenters. The van der Waals surface area contributed by atoms with Gasteiger partial charge in [0.15, 0.2) is 11.5 Å². The van der Waals surface area contributed by atoms with Crippen LogP contribution in [0.4, 0.5) is 0 Å². The van der Waals surface area contributed by atoms with Crippen molar-refractivity contribution in [3.05, 3.63) is 22.6 Å². The molecule has 124 valence electrons. The van der Waals surface area contributed by atoms with Crippen LogP contribution in [-0.4, -0.2) is 69.4 Å². The molecule has 9 heteroatoms. The van der Waals surface area contributed by atoms with Gasteiger partial charge in [-0.1, -0.05) is 0 Å². The Morgan fingerprint density at radius 2 is 1.91 bits per heavy atom. The zero-order chi connectivity index (χ0) is 16.4. The summed E-state index contributed by atoms with van der Waals surface area (Å²) < 4.78 is 16.9. The minimum atomic E-state index is -1.55. The van der Waals surface area contributed by atoms with E-state index in [2.05, 4.69) is 0 Å². The van der Waals surface area contributed by atoms with E-state index < -0.39 is 37.3 Å². The molecule has 1 fully saturated rings. The van der Waals surface area contributed by atoms with Crippen LogP contribution in [0.2, 0.25) is 0 Å². The first-order valence-corrected chi connectivity index (χ1v) is 6.61. The van der Waals surface area contributed by atoms with Gasteiger partial charge in [0.2, 0.25) is 6.29 Å². The van der Waals surface area contributed by atoms with Gasteiger partial charge in [0.05, 0.1) is 19.9 Å². The van der Waals surface area contributed by atoms with E-state index in [1.807, 2.05) is 0 Å². The second-order valence-electron chi connectivity index (χ2n) is 4.97. The average molecular weight is 317 g/mol. The van der Waals surface area contributed by atoms with Crippen LogP contribution in [0.1, 0.15) is 0 Å². The fourth-order valence-corrected chi connectivity index (χ4v) is 2.13. The molecule has 4 N–H and O–H groups in total. The summed E-state index contributed by atoms with van der Waals surface area (Å²) in [5, 5.41) is 38.5. The second-order valence-corrected chi connectivity index (χ2v) is 4.97. The summed E-state index contributed by atoms with van der Waals surface area (Å²) in [4.78, 5) is 11.5. The van der Waals surface area contributed by atoms with Crippen molar-refractivity contribution in [1.82, 2.24) is 4.57 Å². The molecule has 2 rings (SSSR count). The van der Waals surface area contributed by atoms with Crippen molar-refractivity contribution in [1.29, 1.82) is 0 Å². The Labute approximate surface area is 125 Å². The number of aliphatic hydroxyl groups is 4. The number of aliphatic hydroxyl groups excluding tert-OH is 4. The summed E-state index contributed by atoms with van der Waals surface area (Å²) in [5.74, 6) is 0.231. The zero-order valence-corrected chi connectivity index (χ0v) is 12.1. The molecule has 0 amide bonds. The minimum absolute atomic E-state index is 0.105. The lowest BCUT2D eigenvalue weighted by Crippen LogP contribution is -2.60. The third-order valence-electron chi connectivity index (χ3n) is 3.47. The number of methoxy groups -OCH3 is 1. The van der Waals surface area contributed by atoms with E-state index in [4.69, 9.17) is 19.3 Å². The Hall–Kier alpha value is -1.65. The standard InChI is InChI=1S/C13H19NO8/c1-14-4-7(6(20-2)3-9(14)16)21-13-12(19)11(18)10(17)8(5-15)22-13/h3-4,8,10-13,15,17-19H,5H2,1-2H3/t8-,10-,11+,12-,13-/m1/s1. The molecular formula is C13H19NO8. The number of hydrogen-bond donors (Lipinski definition) is 4. The number of pyridine rings is 1. The molecule has 0 aliphatic carbocycles. The van der Waals surface area contributed by atoms with Gasteiger partial charge in [-0.3, -0.25) is 4.79 Å². The molecule has 1 saturated heterocycles. The van der Waals surface area contributed by atoms with Crippen LogP contribution in [0.5, 0.6) is 11.5 Å². The maximum absolute atomic E-state index is 11.5. The predicted molar refractivity (Wildman–Crippen MR) is 72.6 cm³/mol. The van der Waals surface area contributed by atoms with Gasteiger partial charge in [-0.2, -0.15) is 0 Å². The second kappa shape index (κ2) is 6.63. The van der Waals surface area contributed by atoms with Crippen LogP contribution >= 0.6 is 0 Å². The minimum Gasteiger partial charge on any atom is -0.493 e. The molecular weight excluding hydrogens is 298 g/mol. The van der Waals surface area contributed by atoms with E-state index in [-0.39, 0.29) is 17.1 Å². The number of ether oxygens (including phenoxy) is 3. The highest BCUT2D eigenvalue weighted by atomic mass is 16.7. The Kier molecular flexibility index (Phi) is 5.04. The molecule has 9 nitrogen and oxygen atoms in total. The highest BCUT2D eigenvalue weighted by molar-refractivity contribution is 5.37. The van der Waals surface area contributed by atoms with Gasteiger partial charge in [0, 0.05) is 13.1 Å². The average Bonchev–Trinajstić information content (AvgIpc) is 2.51. The predicted octanol–water partition coefficient (Wildman–Crippen LogP) is -2.43. The normalized spacial score (nSPS) is 31.8. The van der Waals surface area contributed by atoms with Gasteiger partial charge >= 0.3 is 0 Å². The Bertz CT molecular complexity index is 572. The Morgan fingerprint density at radius 1 is 1.23 bits per heavy atom. The molecule has 22 heavy (non-hydrogen) atoms. The third kappa shape index (κ3) is 3.08. The van der Waals surface area contributed by atoms with Crippen molar-refractivity contribution in [3.63, 3.8) is 0 Å². The van der Waals surface area contributed by atoms with Gasteiger partial charge in [-0.15, -0.1) is 0 Å². The largest absolute Gasteiger partial charge is 0.493 e. The fraction of sp³-hybridized carbons (Fsp3) is 0.615. The van der Waals surface area contributed by atoms with E-state index in [9.17, 15) is 20.1 Å². The first-order chi connectivity index (χ1) is 10.4. The highest BCUT2D eigenvalue weighted by Gasteiger charge is 2.45. The maximum Gasteiger partial charge on any atom is 0.254 e. The van der Waals surface area contributed by atoms with Crippen molar-refractivity contribution in [2.75, 3.05) is 13.7 Å². The molecule has 0 saturated carbocycles. The molecule has 1 aromatic heterocycles. The van der Waals surface area contributed by atoms with E-state index in [0.29, 0.717) is 0 Å². The Balaban J connectivity index is 2.26. The fourth-order valence-electron chi connectivity index (χ4n) is 2.13. The molecule has 0 unspecified atom stereocenters. The van der Waals surface area contributed by atoms with E-state index >= 15 is 0 Å². The molecule has 1 aliphatic heterocycles. The lowest BCUT2D eigenvalue weighted by atomic mass is 9.99. The quantitative estimate of drug-likeness (QED) is 0.482. The van der Waals surface area contributed by atoms with Gasteiger partial charge in [0.1, 0.15) is 24.4 Å². The smallest absolute Gasteiger partial charge is 0.254 e. The molecule has 1 aromatic rings. The number of hydrogen-bond acceptors (Lipinski definition) is 8. The van der Waals surface area contributed by atoms with E-state index in [1.165, 1.54) is 31.0 Å². The lowest BCUT2D eigenvalue weighted by Gasteiger charge is -2.39. The zero-order valence-electron chi connectivity index (χ0n) is 12.1. The number of aryl methyl sites for hydroxylation is 1. The van der Waals surface area contributed by atoms with Gasteiger partial charge in [0.25, 0.3) is 5.56 Å². The van der Waals surface area contributed by atoms with Crippen LogP contribution in [0.25, 0.3) is 0 Å². The lowest BCUT2D eigenvalue weighted by molar-refractivity contribution is -0.277. The summed E-state index contributed by atoms with van der Waals surface area (Å²) in [7, 11) is 2.84. The third-order valence-corrected chi connectivity index (χ3v) is 3.47. The highest BCUT2D eigenvalue weighted by Crippen LogP contribution is 2.29. The van der Waals surface area contributed by atoms with E-state index in [1.54, 1.807) is 0 Å². The summed E-state index contributed by atoms with van der Waals surface area (Å²) in [6.45, 7) is -0.560. The van der Waals surface area contributed by atoms with Crippen molar-refractivity contribution in [2.45, 2.75) is 30.7 Å². The van der Waals surface area contributed by atoms with Crippen LogP contribution in [-0.2, 0) is 11.8 Å². The van der Waals surface area contributed by atoms with Crippen molar-refractivity contribution in [2.24, 2.45) is 7.05 Å². The molecule has 0 bridgehead atoms. The summed E-state index contributed by atoms with van der Waals surface area (Å²) in [5.41, 5.74) is -0.321. The molecule has 0 radical (unpaired) electrons. The first-order valence-electron chi connectivity index (χ1n) is 6.61. The van der Waals surface area contributed by atoms with Crippen LogP contribution in [0, 0.1) is 0 Å². The summed E-state index contributed by atoms with van der Waals surface area (Å²) in [6.07, 6.45) is -5.65. The van der Waals surface area contributed by atoms with Crippen LogP contribution in [0.15, 0.2) is 17.1 Å². The maximum atomic E-state index is 11.5. The molecule has 1 aliphatic rings. The van der Waals surface area contributed by atoms with Gasteiger partial charge in [-0.25, -0.2) is 0 Å². The summed E-state index contributed by atoms with van der Waals surface area (Å²) >= 11 is 0. The van der Waals surface area contributed by atoms with Crippen molar-refractivity contribution >= 4 is 0 Å². The van der Waals surface area contributed by atoms with Gasteiger partial charge in [-0.05, 0) is 0 Å². The van der Waals surface area contributed by atoms with Gasteiger partial charge < -0.3 is 39.2 Å². The van der Waals surface area contributed by atoms with Crippen molar-refractivity contribution in [3.8, 4) is 11.5 Å². The Morgan fingerprint density at radius 3 is 2.50 bits per heavy atom. The molecule has 0 spiro atoms. The number of aromatic nitrogens is 1. The first kappa shape index (κ1) is 16.7. The summed E-state index contributed by atoms with van der Waals surface area (Å²) in [6, 6.07) is 1.19. The van der Waals surface area contributed by atoms with Crippen LogP contribution in [0.3, 0.4) is 0 Å². The van der Waals surface area contributed by atoms with Crippen molar-refractivity contribution < 1.29 is 34.6 Å². The monoisotopic (exact) mass is 317 g/mol. The van der Waals surface area contributed by atoms with E-state index in [0.717, 1.165) is 0 Å². The van der Waals surface area contributed by atoms with Crippen LogP contribution < -0.4 is 15.0 Å². The number of nitrogens with zero attached hydrogens (tertiary/aromatic N) is 1. The molecule has 2 heterocycles. The molecule has 0 aromatic carbocycles. The SMILES string of the molecule is COc1cc(=O)n(C)cc1O[C@@H]1O[C@H](CO)[C@@H](O)[C@H](O)[C@H]1O.